The molecule has 0 fully saturated rings. The minimum atomic E-state index is 0.197. The maximum atomic E-state index is 9.20. The van der Waals surface area contributed by atoms with Crippen molar-refractivity contribution in [2.75, 3.05) is 6.61 Å². The third-order valence-corrected chi connectivity index (χ3v) is 3.11. The largest absolute Gasteiger partial charge is 0.396 e. The van der Waals surface area contributed by atoms with Crippen LogP contribution >= 0.6 is 0 Å². The summed E-state index contributed by atoms with van der Waals surface area (Å²) in [5.74, 6) is 0.427. The summed E-state index contributed by atoms with van der Waals surface area (Å²) in [4.78, 5) is 0. The lowest BCUT2D eigenvalue weighted by Crippen LogP contribution is -2.20. The summed E-state index contributed by atoms with van der Waals surface area (Å²) in [6.45, 7) is 11.3. The van der Waals surface area contributed by atoms with Crippen LogP contribution in [0, 0.1) is 19.3 Å². The molecule has 0 spiro atoms. The number of hydrogen-bond donors (Lipinski definition) is 1. The molecule has 1 aromatic carbocycles. The minimum absolute atomic E-state index is 0.197. The molecular formula is C15H24O. The molecule has 1 nitrogen and oxygen atoms in total. The fourth-order valence-electron chi connectivity index (χ4n) is 2.44. The van der Waals surface area contributed by atoms with Crippen LogP contribution in [0.2, 0.25) is 0 Å². The molecule has 90 valence electrons. The van der Waals surface area contributed by atoms with E-state index in [0.29, 0.717) is 5.92 Å². The van der Waals surface area contributed by atoms with E-state index in [1.54, 1.807) is 0 Å². The summed E-state index contributed by atoms with van der Waals surface area (Å²) in [5.41, 5.74) is 4.17. The molecule has 0 saturated carbocycles. The highest BCUT2D eigenvalue weighted by Gasteiger charge is 2.25. The highest BCUT2D eigenvalue weighted by atomic mass is 16.3. The van der Waals surface area contributed by atoms with E-state index >= 15 is 0 Å². The Morgan fingerprint density at radius 3 is 1.94 bits per heavy atom. The number of aryl methyl sites for hydroxylation is 2. The maximum absolute atomic E-state index is 9.20. The lowest BCUT2D eigenvalue weighted by atomic mass is 9.74. The first-order valence-corrected chi connectivity index (χ1v) is 6.03. The molecule has 0 aromatic heterocycles. The van der Waals surface area contributed by atoms with Crippen LogP contribution in [-0.4, -0.2) is 11.7 Å². The van der Waals surface area contributed by atoms with Gasteiger partial charge in [-0.25, -0.2) is 0 Å². The Morgan fingerprint density at radius 2 is 1.56 bits per heavy atom. The van der Waals surface area contributed by atoms with Gasteiger partial charge in [0.05, 0.1) is 0 Å². The summed E-state index contributed by atoms with van der Waals surface area (Å²) in [6, 6.07) is 6.69. The predicted molar refractivity (Wildman–Crippen MR) is 69.8 cm³/mol. The highest BCUT2D eigenvalue weighted by molar-refractivity contribution is 5.31. The highest BCUT2D eigenvalue weighted by Crippen LogP contribution is 2.38. The first-order chi connectivity index (χ1) is 7.34. The van der Waals surface area contributed by atoms with Crippen LogP contribution < -0.4 is 0 Å². The predicted octanol–water partition coefficient (Wildman–Crippen LogP) is 3.82. The van der Waals surface area contributed by atoms with Crippen LogP contribution in [0.25, 0.3) is 0 Å². The van der Waals surface area contributed by atoms with E-state index in [1.165, 1.54) is 16.7 Å². The second kappa shape index (κ2) is 5.01. The van der Waals surface area contributed by atoms with Gasteiger partial charge in [-0.15, -0.1) is 0 Å². The molecule has 1 rings (SSSR count). The number of aliphatic hydroxyl groups excluding tert-OH is 1. The van der Waals surface area contributed by atoms with Gasteiger partial charge in [0, 0.05) is 6.61 Å². The monoisotopic (exact) mass is 220 g/mol. The van der Waals surface area contributed by atoms with Gasteiger partial charge in [-0.3, -0.25) is 0 Å². The molecule has 16 heavy (non-hydrogen) atoms. The van der Waals surface area contributed by atoms with Crippen LogP contribution in [-0.2, 0) is 0 Å². The molecular weight excluding hydrogens is 196 g/mol. The summed E-state index contributed by atoms with van der Waals surface area (Å²) in [5, 5.41) is 9.20. The topological polar surface area (TPSA) is 20.2 Å². The van der Waals surface area contributed by atoms with Crippen molar-refractivity contribution in [1.82, 2.24) is 0 Å². The molecule has 0 aliphatic carbocycles. The maximum Gasteiger partial charge on any atom is 0.0437 e. The van der Waals surface area contributed by atoms with Crippen LogP contribution in [0.4, 0.5) is 0 Å². The molecule has 0 aliphatic rings. The second-order valence-electron chi connectivity index (χ2n) is 5.85. The molecule has 0 aliphatic heterocycles. The Labute approximate surface area is 99.5 Å². The summed E-state index contributed by atoms with van der Waals surface area (Å²) in [6.07, 6.45) is 0.840. The van der Waals surface area contributed by atoms with Crippen molar-refractivity contribution < 1.29 is 5.11 Å². The van der Waals surface area contributed by atoms with Crippen molar-refractivity contribution in [3.05, 3.63) is 34.9 Å². The van der Waals surface area contributed by atoms with Crippen LogP contribution in [0.1, 0.15) is 49.8 Å². The van der Waals surface area contributed by atoms with Gasteiger partial charge in [0.1, 0.15) is 0 Å². The summed E-state index contributed by atoms with van der Waals surface area (Å²) in [7, 11) is 0. The molecule has 1 aromatic rings. The van der Waals surface area contributed by atoms with Crippen LogP contribution in [0.15, 0.2) is 18.2 Å². The zero-order valence-corrected chi connectivity index (χ0v) is 11.2. The Balaban J connectivity index is 3.10. The van der Waals surface area contributed by atoms with Crippen molar-refractivity contribution in [3.8, 4) is 0 Å². The van der Waals surface area contributed by atoms with Gasteiger partial charge in [0.2, 0.25) is 0 Å². The zero-order chi connectivity index (χ0) is 12.3. The second-order valence-corrected chi connectivity index (χ2v) is 5.85. The molecule has 0 bridgehead atoms. The molecule has 1 atom stereocenters. The van der Waals surface area contributed by atoms with E-state index in [9.17, 15) is 5.11 Å². The van der Waals surface area contributed by atoms with Gasteiger partial charge < -0.3 is 5.11 Å². The Morgan fingerprint density at radius 1 is 1.06 bits per heavy atom. The molecule has 0 saturated heterocycles. The number of rotatable bonds is 3. The van der Waals surface area contributed by atoms with E-state index in [2.05, 4.69) is 52.8 Å². The molecule has 1 N–H and O–H groups in total. The normalized spacial score (nSPS) is 13.9. The van der Waals surface area contributed by atoms with Gasteiger partial charge in [-0.1, -0.05) is 50.1 Å². The zero-order valence-electron chi connectivity index (χ0n) is 11.2. The standard InChI is InChI=1S/C15H24O/c1-11-8-12(2)10-13(9-11)14(6-7-16)15(3,4)5/h8-10,14,16H,6-7H2,1-5H3. The van der Waals surface area contributed by atoms with Crippen molar-refractivity contribution in [2.24, 2.45) is 5.41 Å². The van der Waals surface area contributed by atoms with Crippen molar-refractivity contribution >= 4 is 0 Å². The SMILES string of the molecule is Cc1cc(C)cc(C(CCO)C(C)(C)C)c1. The number of hydrogen-bond acceptors (Lipinski definition) is 1. The van der Waals surface area contributed by atoms with Crippen LogP contribution in [0.5, 0.6) is 0 Å². The van der Waals surface area contributed by atoms with Crippen molar-refractivity contribution in [3.63, 3.8) is 0 Å². The number of benzene rings is 1. The Bertz CT molecular complexity index is 327. The van der Waals surface area contributed by atoms with E-state index < -0.39 is 0 Å². The van der Waals surface area contributed by atoms with E-state index in [4.69, 9.17) is 0 Å². The summed E-state index contributed by atoms with van der Waals surface area (Å²) >= 11 is 0. The Hall–Kier alpha value is -0.820. The molecule has 1 unspecified atom stereocenters. The van der Waals surface area contributed by atoms with E-state index in [-0.39, 0.29) is 12.0 Å². The quantitative estimate of drug-likeness (QED) is 0.821. The Kier molecular flexibility index (Phi) is 4.15. The van der Waals surface area contributed by atoms with E-state index in [0.717, 1.165) is 6.42 Å². The van der Waals surface area contributed by atoms with Crippen LogP contribution in [0.3, 0.4) is 0 Å². The average molecular weight is 220 g/mol. The van der Waals surface area contributed by atoms with Gasteiger partial charge >= 0.3 is 0 Å². The smallest absolute Gasteiger partial charge is 0.0437 e. The lowest BCUT2D eigenvalue weighted by molar-refractivity contribution is 0.223. The third-order valence-electron chi connectivity index (χ3n) is 3.11. The molecule has 0 heterocycles. The first kappa shape index (κ1) is 13.2. The van der Waals surface area contributed by atoms with Gasteiger partial charge in [-0.05, 0) is 37.2 Å². The third kappa shape index (κ3) is 3.34. The van der Waals surface area contributed by atoms with E-state index in [1.807, 2.05) is 0 Å². The fraction of sp³-hybridized carbons (Fsp3) is 0.600. The molecule has 0 amide bonds. The lowest BCUT2D eigenvalue weighted by Gasteiger charge is -2.31. The van der Waals surface area contributed by atoms with Gasteiger partial charge in [0.25, 0.3) is 0 Å². The van der Waals surface area contributed by atoms with Crippen molar-refractivity contribution in [1.29, 1.82) is 0 Å². The van der Waals surface area contributed by atoms with Crippen molar-refractivity contribution in [2.45, 2.75) is 47.0 Å². The number of aliphatic hydroxyl groups is 1. The first-order valence-electron chi connectivity index (χ1n) is 6.03. The van der Waals surface area contributed by atoms with Gasteiger partial charge in [0.15, 0.2) is 0 Å². The van der Waals surface area contributed by atoms with Gasteiger partial charge in [-0.2, -0.15) is 0 Å². The minimum Gasteiger partial charge on any atom is -0.396 e. The molecule has 1 heteroatoms. The molecule has 0 radical (unpaired) electrons. The summed E-state index contributed by atoms with van der Waals surface area (Å²) < 4.78 is 0. The average Bonchev–Trinajstić information content (AvgIpc) is 2.10. The fourth-order valence-corrected chi connectivity index (χ4v) is 2.44.